The van der Waals surface area contributed by atoms with Gasteiger partial charge in [-0.3, -0.25) is 4.57 Å². The van der Waals surface area contributed by atoms with E-state index in [2.05, 4.69) is 20.3 Å². The number of hydrogen-bond acceptors (Lipinski definition) is 8. The molecule has 0 radical (unpaired) electrons. The van der Waals surface area contributed by atoms with Crippen LogP contribution < -0.4 is 4.74 Å². The number of thioether (sulfide) groups is 1. The Morgan fingerprint density at radius 3 is 2.72 bits per heavy atom. The lowest BCUT2D eigenvalue weighted by Gasteiger charge is -2.12. The van der Waals surface area contributed by atoms with Crippen molar-refractivity contribution in [3.8, 4) is 33.5 Å². The van der Waals surface area contributed by atoms with E-state index in [-0.39, 0.29) is 0 Å². The third-order valence-corrected chi connectivity index (χ3v) is 6.72. The second kappa shape index (κ2) is 9.15. The second-order valence-electron chi connectivity index (χ2n) is 6.57. The first-order valence-corrected chi connectivity index (χ1v) is 11.8. The van der Waals surface area contributed by atoms with Gasteiger partial charge in [0.15, 0.2) is 11.0 Å². The van der Waals surface area contributed by atoms with E-state index in [1.165, 1.54) is 11.8 Å². The summed E-state index contributed by atoms with van der Waals surface area (Å²) in [5.41, 5.74) is 1.58. The van der Waals surface area contributed by atoms with Crippen molar-refractivity contribution in [2.24, 2.45) is 0 Å². The molecule has 0 aliphatic heterocycles. The van der Waals surface area contributed by atoms with Gasteiger partial charge in [-0.05, 0) is 35.7 Å². The number of rotatable bonds is 7. The van der Waals surface area contributed by atoms with Crippen LogP contribution in [0.4, 0.5) is 0 Å². The molecule has 7 nitrogen and oxygen atoms in total. The molecular weight excluding hydrogens is 466 g/mol. The van der Waals surface area contributed by atoms with Gasteiger partial charge >= 0.3 is 0 Å². The van der Waals surface area contributed by atoms with Crippen molar-refractivity contribution in [3.63, 3.8) is 0 Å². The van der Waals surface area contributed by atoms with Gasteiger partial charge < -0.3 is 9.26 Å². The van der Waals surface area contributed by atoms with Crippen molar-refractivity contribution in [2.75, 3.05) is 7.11 Å². The summed E-state index contributed by atoms with van der Waals surface area (Å²) in [4.78, 5) is 5.49. The third kappa shape index (κ3) is 4.02. The first-order valence-electron chi connectivity index (χ1n) is 9.57. The molecule has 5 aromatic rings. The van der Waals surface area contributed by atoms with Gasteiger partial charge in [0.1, 0.15) is 5.75 Å². The molecule has 0 N–H and O–H groups in total. The molecule has 5 rings (SSSR count). The summed E-state index contributed by atoms with van der Waals surface area (Å²) in [5, 5.41) is 16.2. The molecule has 0 unspecified atom stereocenters. The summed E-state index contributed by atoms with van der Waals surface area (Å²) in [6.45, 7) is 0. The topological polar surface area (TPSA) is 78.9 Å². The number of para-hydroxylation sites is 2. The fourth-order valence-corrected chi connectivity index (χ4v) is 4.85. The van der Waals surface area contributed by atoms with Crippen LogP contribution in [0.3, 0.4) is 0 Å². The quantitative estimate of drug-likeness (QED) is 0.264. The molecule has 0 fully saturated rings. The van der Waals surface area contributed by atoms with Gasteiger partial charge in [0.05, 0.1) is 28.4 Å². The Labute approximate surface area is 197 Å². The van der Waals surface area contributed by atoms with Crippen LogP contribution in [0.25, 0.3) is 27.8 Å². The highest BCUT2D eigenvalue weighted by atomic mass is 35.5. The molecule has 32 heavy (non-hydrogen) atoms. The molecule has 160 valence electrons. The van der Waals surface area contributed by atoms with Crippen LogP contribution >= 0.6 is 34.7 Å². The number of aromatic nitrogens is 5. The van der Waals surface area contributed by atoms with Crippen molar-refractivity contribution >= 4 is 34.7 Å². The van der Waals surface area contributed by atoms with Crippen LogP contribution in [-0.2, 0) is 5.75 Å². The number of nitrogens with zero attached hydrogens (tertiary/aromatic N) is 5. The Hall–Kier alpha value is -3.14. The maximum atomic E-state index is 6.25. The summed E-state index contributed by atoms with van der Waals surface area (Å²) in [5.74, 6) is 2.82. The van der Waals surface area contributed by atoms with Gasteiger partial charge in [0, 0.05) is 5.56 Å². The van der Waals surface area contributed by atoms with E-state index in [0.717, 1.165) is 27.7 Å². The SMILES string of the molecule is COc1ccccc1-n1c(SCc2nc(-c3ccccc3Cl)no2)nnc1-c1cccs1. The monoisotopic (exact) mass is 481 g/mol. The molecule has 0 bridgehead atoms. The van der Waals surface area contributed by atoms with Crippen LogP contribution in [-0.4, -0.2) is 32.0 Å². The van der Waals surface area contributed by atoms with E-state index in [1.807, 2.05) is 64.5 Å². The van der Waals surface area contributed by atoms with Crippen LogP contribution in [0.2, 0.25) is 5.02 Å². The zero-order valence-corrected chi connectivity index (χ0v) is 19.2. The lowest BCUT2D eigenvalue weighted by molar-refractivity contribution is 0.391. The average molecular weight is 482 g/mol. The molecule has 0 aliphatic carbocycles. The number of hydrogen-bond donors (Lipinski definition) is 0. The van der Waals surface area contributed by atoms with Crippen LogP contribution in [0.1, 0.15) is 5.89 Å². The molecule has 0 amide bonds. The van der Waals surface area contributed by atoms with E-state index in [0.29, 0.717) is 27.6 Å². The number of benzene rings is 2. The van der Waals surface area contributed by atoms with Crippen LogP contribution in [0.5, 0.6) is 5.75 Å². The van der Waals surface area contributed by atoms with Gasteiger partial charge in [-0.25, -0.2) is 0 Å². The van der Waals surface area contributed by atoms with Crippen LogP contribution in [0.15, 0.2) is 75.7 Å². The largest absolute Gasteiger partial charge is 0.495 e. The van der Waals surface area contributed by atoms with E-state index in [1.54, 1.807) is 24.5 Å². The van der Waals surface area contributed by atoms with Gasteiger partial charge in [0.2, 0.25) is 11.7 Å². The zero-order chi connectivity index (χ0) is 21.9. The molecular formula is C22H16ClN5O2S2. The molecule has 0 atom stereocenters. The second-order valence-corrected chi connectivity index (χ2v) is 8.87. The Kier molecular flexibility index (Phi) is 5.93. The summed E-state index contributed by atoms with van der Waals surface area (Å²) in [7, 11) is 1.65. The van der Waals surface area contributed by atoms with Crippen molar-refractivity contribution in [2.45, 2.75) is 10.9 Å². The highest BCUT2D eigenvalue weighted by Crippen LogP contribution is 2.35. The molecule has 0 spiro atoms. The first-order chi connectivity index (χ1) is 15.7. The molecule has 0 saturated heterocycles. The number of methoxy groups -OCH3 is 1. The van der Waals surface area contributed by atoms with Crippen molar-refractivity contribution in [1.82, 2.24) is 24.9 Å². The van der Waals surface area contributed by atoms with Gasteiger partial charge in [0.25, 0.3) is 0 Å². The third-order valence-electron chi connectivity index (χ3n) is 4.61. The molecule has 2 aromatic carbocycles. The predicted molar refractivity (Wildman–Crippen MR) is 126 cm³/mol. The maximum Gasteiger partial charge on any atom is 0.237 e. The van der Waals surface area contributed by atoms with Crippen molar-refractivity contribution in [3.05, 3.63) is 77.0 Å². The highest BCUT2D eigenvalue weighted by molar-refractivity contribution is 7.98. The minimum atomic E-state index is 0.426. The van der Waals surface area contributed by atoms with Crippen molar-refractivity contribution < 1.29 is 9.26 Å². The fourth-order valence-electron chi connectivity index (χ4n) is 3.15. The standard InChI is InChI=1S/C22H16ClN5O2S2/c1-29-17-10-5-4-9-16(17)28-21(18-11-6-12-31-18)25-26-22(28)32-13-19-24-20(27-30-19)14-7-2-3-8-15(14)23/h2-12H,13H2,1H3. The number of ether oxygens (including phenoxy) is 1. The zero-order valence-electron chi connectivity index (χ0n) is 16.8. The minimum Gasteiger partial charge on any atom is -0.495 e. The van der Waals surface area contributed by atoms with E-state index in [4.69, 9.17) is 20.9 Å². The molecule has 3 aromatic heterocycles. The molecule has 3 heterocycles. The lowest BCUT2D eigenvalue weighted by atomic mass is 10.2. The van der Waals surface area contributed by atoms with Crippen LogP contribution in [0, 0.1) is 0 Å². The number of thiophene rings is 1. The Balaban J connectivity index is 1.47. The smallest absolute Gasteiger partial charge is 0.237 e. The summed E-state index contributed by atoms with van der Waals surface area (Å²) in [6, 6.07) is 19.2. The average Bonchev–Trinajstić information content (AvgIpc) is 3.58. The first kappa shape index (κ1) is 20.7. The normalized spacial score (nSPS) is 11.1. The maximum absolute atomic E-state index is 6.25. The van der Waals surface area contributed by atoms with E-state index < -0.39 is 0 Å². The Morgan fingerprint density at radius 2 is 1.91 bits per heavy atom. The fraction of sp³-hybridized carbons (Fsp3) is 0.0909. The number of halogens is 1. The Morgan fingerprint density at radius 1 is 1.06 bits per heavy atom. The van der Waals surface area contributed by atoms with Gasteiger partial charge in [-0.15, -0.1) is 21.5 Å². The molecule has 0 saturated carbocycles. The van der Waals surface area contributed by atoms with Crippen molar-refractivity contribution in [1.29, 1.82) is 0 Å². The predicted octanol–water partition coefficient (Wildman–Crippen LogP) is 6.00. The molecule has 0 aliphatic rings. The lowest BCUT2D eigenvalue weighted by Crippen LogP contribution is -2.01. The van der Waals surface area contributed by atoms with Gasteiger partial charge in [-0.1, -0.05) is 58.9 Å². The van der Waals surface area contributed by atoms with E-state index in [9.17, 15) is 0 Å². The Bertz CT molecular complexity index is 1350. The minimum absolute atomic E-state index is 0.426. The van der Waals surface area contributed by atoms with Gasteiger partial charge in [-0.2, -0.15) is 4.98 Å². The summed E-state index contributed by atoms with van der Waals surface area (Å²) in [6.07, 6.45) is 0. The summed E-state index contributed by atoms with van der Waals surface area (Å²) >= 11 is 9.31. The summed E-state index contributed by atoms with van der Waals surface area (Å²) < 4.78 is 13.0. The van der Waals surface area contributed by atoms with E-state index >= 15 is 0 Å². The molecule has 10 heteroatoms. The highest BCUT2D eigenvalue weighted by Gasteiger charge is 2.20.